The summed E-state index contributed by atoms with van der Waals surface area (Å²) in [5, 5.41) is 6.25. The van der Waals surface area contributed by atoms with Crippen molar-refractivity contribution in [2.75, 3.05) is 23.3 Å². The number of nitrogens with one attached hydrogen (secondary N) is 1. The molecule has 7 heteroatoms. The summed E-state index contributed by atoms with van der Waals surface area (Å²) in [5.41, 5.74) is 1.05. The Morgan fingerprint density at radius 1 is 1.35 bits per heavy atom. The van der Waals surface area contributed by atoms with E-state index < -0.39 is 0 Å². The molecular formula is C13H17N5O2. The molecule has 0 bridgehead atoms. The molecular weight excluding hydrogens is 258 g/mol. The van der Waals surface area contributed by atoms with E-state index in [0.717, 1.165) is 18.8 Å². The SMILES string of the molecule is CCN(CC)c1nc(C)cc(C(=O)Nc2ccon2)n1. The second kappa shape index (κ2) is 6.14. The summed E-state index contributed by atoms with van der Waals surface area (Å²) >= 11 is 0. The summed E-state index contributed by atoms with van der Waals surface area (Å²) in [4.78, 5) is 22.8. The van der Waals surface area contributed by atoms with Gasteiger partial charge >= 0.3 is 0 Å². The Balaban J connectivity index is 2.25. The Labute approximate surface area is 117 Å². The van der Waals surface area contributed by atoms with Crippen LogP contribution in [-0.4, -0.2) is 34.1 Å². The number of hydrogen-bond acceptors (Lipinski definition) is 6. The van der Waals surface area contributed by atoms with E-state index in [1.807, 2.05) is 25.7 Å². The van der Waals surface area contributed by atoms with E-state index >= 15 is 0 Å². The van der Waals surface area contributed by atoms with Gasteiger partial charge in [0.25, 0.3) is 5.91 Å². The van der Waals surface area contributed by atoms with Crippen LogP contribution in [0, 0.1) is 6.92 Å². The second-order valence-electron chi connectivity index (χ2n) is 4.21. The third-order valence-corrected chi connectivity index (χ3v) is 2.80. The number of carbonyl (C=O) groups is 1. The molecule has 0 unspecified atom stereocenters. The van der Waals surface area contributed by atoms with Crippen molar-refractivity contribution < 1.29 is 9.32 Å². The Hall–Kier alpha value is -2.44. The van der Waals surface area contributed by atoms with Crippen molar-refractivity contribution in [2.24, 2.45) is 0 Å². The number of anilines is 2. The van der Waals surface area contributed by atoms with Crippen LogP contribution < -0.4 is 10.2 Å². The van der Waals surface area contributed by atoms with E-state index in [1.165, 1.54) is 6.26 Å². The third kappa shape index (κ3) is 3.11. The van der Waals surface area contributed by atoms with E-state index in [1.54, 1.807) is 12.1 Å². The van der Waals surface area contributed by atoms with Crippen LogP contribution in [0.4, 0.5) is 11.8 Å². The predicted octanol–water partition coefficient (Wildman–Crippen LogP) is 1.87. The first kappa shape index (κ1) is 14.0. The monoisotopic (exact) mass is 275 g/mol. The Bertz CT molecular complexity index is 578. The highest BCUT2D eigenvalue weighted by molar-refractivity contribution is 6.02. The van der Waals surface area contributed by atoms with Crippen LogP contribution in [-0.2, 0) is 0 Å². The Morgan fingerprint density at radius 2 is 2.10 bits per heavy atom. The molecule has 1 N–H and O–H groups in total. The van der Waals surface area contributed by atoms with Crippen molar-refractivity contribution in [3.8, 4) is 0 Å². The second-order valence-corrected chi connectivity index (χ2v) is 4.21. The largest absolute Gasteiger partial charge is 0.363 e. The molecule has 0 saturated carbocycles. The molecule has 7 nitrogen and oxygen atoms in total. The summed E-state index contributed by atoms with van der Waals surface area (Å²) < 4.78 is 4.67. The predicted molar refractivity (Wildman–Crippen MR) is 74.8 cm³/mol. The van der Waals surface area contributed by atoms with Crippen molar-refractivity contribution in [3.63, 3.8) is 0 Å². The van der Waals surface area contributed by atoms with E-state index in [2.05, 4.69) is 25.0 Å². The van der Waals surface area contributed by atoms with Crippen LogP contribution in [0.1, 0.15) is 30.0 Å². The molecule has 106 valence electrons. The summed E-state index contributed by atoms with van der Waals surface area (Å²) in [5.74, 6) is 0.578. The number of hydrogen-bond donors (Lipinski definition) is 1. The molecule has 2 rings (SSSR count). The van der Waals surface area contributed by atoms with Gasteiger partial charge in [-0.1, -0.05) is 5.16 Å². The van der Waals surface area contributed by atoms with Crippen molar-refractivity contribution in [2.45, 2.75) is 20.8 Å². The van der Waals surface area contributed by atoms with Gasteiger partial charge < -0.3 is 14.7 Å². The van der Waals surface area contributed by atoms with Crippen LogP contribution in [0.25, 0.3) is 0 Å². The third-order valence-electron chi connectivity index (χ3n) is 2.80. The van der Waals surface area contributed by atoms with E-state index in [9.17, 15) is 4.79 Å². The maximum Gasteiger partial charge on any atom is 0.275 e. The lowest BCUT2D eigenvalue weighted by Crippen LogP contribution is -2.26. The molecule has 2 aromatic rings. The first-order valence-electron chi connectivity index (χ1n) is 6.46. The fraction of sp³-hybridized carbons (Fsp3) is 0.385. The fourth-order valence-electron chi connectivity index (χ4n) is 1.77. The molecule has 0 aliphatic heterocycles. The smallest absolute Gasteiger partial charge is 0.275 e. The number of nitrogens with zero attached hydrogens (tertiary/aromatic N) is 4. The molecule has 0 aromatic carbocycles. The topological polar surface area (TPSA) is 84.2 Å². The van der Waals surface area contributed by atoms with E-state index in [0.29, 0.717) is 17.5 Å². The quantitative estimate of drug-likeness (QED) is 0.896. The maximum atomic E-state index is 12.1. The van der Waals surface area contributed by atoms with Gasteiger partial charge in [0.2, 0.25) is 5.95 Å². The summed E-state index contributed by atoms with van der Waals surface area (Å²) in [6, 6.07) is 3.21. The zero-order valence-electron chi connectivity index (χ0n) is 11.8. The maximum absolute atomic E-state index is 12.1. The summed E-state index contributed by atoms with van der Waals surface area (Å²) in [7, 11) is 0. The van der Waals surface area contributed by atoms with E-state index in [4.69, 9.17) is 0 Å². The van der Waals surface area contributed by atoms with Gasteiger partial charge in [-0.15, -0.1) is 0 Å². The molecule has 2 aromatic heterocycles. The molecule has 0 aliphatic rings. The molecule has 0 radical (unpaired) electrons. The normalized spacial score (nSPS) is 10.3. The number of amides is 1. The Morgan fingerprint density at radius 3 is 2.70 bits per heavy atom. The van der Waals surface area contributed by atoms with Gasteiger partial charge in [-0.3, -0.25) is 4.79 Å². The molecule has 2 heterocycles. The molecule has 0 saturated heterocycles. The molecule has 0 atom stereocenters. The first-order valence-corrected chi connectivity index (χ1v) is 6.46. The van der Waals surface area contributed by atoms with Crippen molar-refractivity contribution in [1.82, 2.24) is 15.1 Å². The molecule has 0 aliphatic carbocycles. The van der Waals surface area contributed by atoms with Crippen LogP contribution >= 0.6 is 0 Å². The number of carbonyl (C=O) groups excluding carboxylic acids is 1. The van der Waals surface area contributed by atoms with Gasteiger partial charge in [0, 0.05) is 24.8 Å². The molecule has 1 amide bonds. The fourth-order valence-corrected chi connectivity index (χ4v) is 1.77. The minimum atomic E-state index is -0.335. The van der Waals surface area contributed by atoms with Crippen LogP contribution in [0.2, 0.25) is 0 Å². The average Bonchev–Trinajstić information content (AvgIpc) is 2.92. The van der Waals surface area contributed by atoms with E-state index in [-0.39, 0.29) is 5.91 Å². The van der Waals surface area contributed by atoms with Gasteiger partial charge in [-0.25, -0.2) is 9.97 Å². The molecule has 0 fully saturated rings. The van der Waals surface area contributed by atoms with Crippen molar-refractivity contribution in [3.05, 3.63) is 29.8 Å². The lowest BCUT2D eigenvalue weighted by Gasteiger charge is -2.19. The van der Waals surface area contributed by atoms with Crippen LogP contribution in [0.15, 0.2) is 22.9 Å². The highest BCUT2D eigenvalue weighted by atomic mass is 16.5. The Kier molecular flexibility index (Phi) is 4.29. The van der Waals surface area contributed by atoms with Gasteiger partial charge in [0.1, 0.15) is 12.0 Å². The zero-order chi connectivity index (χ0) is 14.5. The van der Waals surface area contributed by atoms with Gasteiger partial charge in [-0.05, 0) is 26.8 Å². The highest BCUT2D eigenvalue weighted by Crippen LogP contribution is 2.11. The lowest BCUT2D eigenvalue weighted by molar-refractivity contribution is 0.102. The highest BCUT2D eigenvalue weighted by Gasteiger charge is 2.14. The average molecular weight is 275 g/mol. The molecule has 0 spiro atoms. The van der Waals surface area contributed by atoms with Gasteiger partial charge in [0.15, 0.2) is 5.82 Å². The summed E-state index contributed by atoms with van der Waals surface area (Å²) in [6.45, 7) is 7.44. The lowest BCUT2D eigenvalue weighted by atomic mass is 10.3. The number of aromatic nitrogens is 3. The van der Waals surface area contributed by atoms with Crippen molar-refractivity contribution >= 4 is 17.7 Å². The first-order chi connectivity index (χ1) is 9.63. The van der Waals surface area contributed by atoms with Gasteiger partial charge in [-0.2, -0.15) is 0 Å². The summed E-state index contributed by atoms with van der Waals surface area (Å²) in [6.07, 6.45) is 1.39. The molecule has 20 heavy (non-hydrogen) atoms. The number of rotatable bonds is 5. The minimum Gasteiger partial charge on any atom is -0.363 e. The van der Waals surface area contributed by atoms with Crippen molar-refractivity contribution in [1.29, 1.82) is 0 Å². The zero-order valence-corrected chi connectivity index (χ0v) is 11.8. The van der Waals surface area contributed by atoms with Crippen LogP contribution in [0.5, 0.6) is 0 Å². The standard InChI is InChI=1S/C13H17N5O2/c1-4-18(5-2)13-14-9(3)8-10(15-13)12(19)16-11-6-7-20-17-11/h6-8H,4-5H2,1-3H3,(H,16,17,19). The minimum absolute atomic E-state index is 0.308. The number of aryl methyl sites for hydroxylation is 1. The van der Waals surface area contributed by atoms with Crippen LogP contribution in [0.3, 0.4) is 0 Å². The van der Waals surface area contributed by atoms with Gasteiger partial charge in [0.05, 0.1) is 0 Å².